The topological polar surface area (TPSA) is 93.3 Å². The summed E-state index contributed by atoms with van der Waals surface area (Å²) in [6.45, 7) is 2.39. The molecular weight excluding hydrogens is 378 g/mol. The Bertz CT molecular complexity index is 1090. The van der Waals surface area contributed by atoms with Crippen LogP contribution in [0.3, 0.4) is 0 Å². The lowest BCUT2D eigenvalue weighted by atomic mass is 9.90. The second-order valence-corrected chi connectivity index (χ2v) is 8.28. The number of aromatic nitrogens is 1. The van der Waals surface area contributed by atoms with Crippen molar-refractivity contribution in [3.05, 3.63) is 56.2 Å². The molecule has 0 radical (unpaired) electrons. The fraction of sp³-hybridized carbons (Fsp3) is 0.350. The molecule has 4 rings (SSSR count). The van der Waals surface area contributed by atoms with Crippen molar-refractivity contribution in [2.75, 3.05) is 0 Å². The Kier molecular flexibility index (Phi) is 5.04. The van der Waals surface area contributed by atoms with Gasteiger partial charge in [0.05, 0.1) is 10.4 Å². The number of thiophene rings is 1. The lowest BCUT2D eigenvalue weighted by molar-refractivity contribution is -0.122. The minimum atomic E-state index is -0.503. The van der Waals surface area contributed by atoms with Crippen molar-refractivity contribution < 1.29 is 14.0 Å². The molecule has 8 heteroatoms. The molecule has 1 aliphatic carbocycles. The van der Waals surface area contributed by atoms with Crippen LogP contribution in [0.25, 0.3) is 11.1 Å². The van der Waals surface area contributed by atoms with Gasteiger partial charge in [-0.1, -0.05) is 19.1 Å². The SMILES string of the molecule is C[C@@H]1CCc2sc(C(=O)NNC(=O)CCn3c(=O)oc4ccccc43)cc2C1. The first kappa shape index (κ1) is 18.5. The smallest absolute Gasteiger partial charge is 0.408 e. The van der Waals surface area contributed by atoms with Gasteiger partial charge >= 0.3 is 5.76 Å². The maximum absolute atomic E-state index is 12.3. The molecule has 0 spiro atoms. The molecule has 7 nitrogen and oxygen atoms in total. The third-order valence-electron chi connectivity index (χ3n) is 5.00. The molecule has 2 N–H and O–H groups in total. The molecule has 0 bridgehead atoms. The third-order valence-corrected chi connectivity index (χ3v) is 6.24. The van der Waals surface area contributed by atoms with E-state index in [0.29, 0.717) is 21.9 Å². The number of benzene rings is 1. The van der Waals surface area contributed by atoms with Crippen LogP contribution in [0, 0.1) is 5.92 Å². The largest absolute Gasteiger partial charge is 0.419 e. The zero-order chi connectivity index (χ0) is 19.7. The van der Waals surface area contributed by atoms with E-state index in [-0.39, 0.29) is 24.8 Å². The van der Waals surface area contributed by atoms with Crippen molar-refractivity contribution in [3.8, 4) is 0 Å². The normalized spacial score (nSPS) is 16.0. The summed E-state index contributed by atoms with van der Waals surface area (Å²) in [6.07, 6.45) is 3.20. The highest BCUT2D eigenvalue weighted by molar-refractivity contribution is 7.14. The van der Waals surface area contributed by atoms with Crippen molar-refractivity contribution in [1.82, 2.24) is 15.4 Å². The van der Waals surface area contributed by atoms with Crippen LogP contribution < -0.4 is 16.6 Å². The van der Waals surface area contributed by atoms with E-state index in [2.05, 4.69) is 17.8 Å². The highest BCUT2D eigenvalue weighted by Gasteiger charge is 2.21. The number of hydrazine groups is 1. The maximum atomic E-state index is 12.3. The lowest BCUT2D eigenvalue weighted by Crippen LogP contribution is -2.41. The van der Waals surface area contributed by atoms with Crippen molar-refractivity contribution in [2.24, 2.45) is 5.92 Å². The van der Waals surface area contributed by atoms with Crippen molar-refractivity contribution >= 4 is 34.3 Å². The Hall–Kier alpha value is -2.87. The first-order valence-corrected chi connectivity index (χ1v) is 10.1. The number of amides is 2. The van der Waals surface area contributed by atoms with Crippen LogP contribution in [-0.2, 0) is 24.2 Å². The summed E-state index contributed by atoms with van der Waals surface area (Å²) >= 11 is 1.49. The van der Waals surface area contributed by atoms with Crippen LogP contribution in [0.5, 0.6) is 0 Å². The number of fused-ring (bicyclic) bond motifs is 2. The number of oxazole rings is 1. The number of para-hydroxylation sites is 2. The number of rotatable bonds is 4. The van der Waals surface area contributed by atoms with Crippen LogP contribution in [0.4, 0.5) is 0 Å². The van der Waals surface area contributed by atoms with E-state index in [4.69, 9.17) is 4.42 Å². The Morgan fingerprint density at radius 1 is 1.29 bits per heavy atom. The van der Waals surface area contributed by atoms with Gasteiger partial charge in [-0.3, -0.25) is 25.0 Å². The van der Waals surface area contributed by atoms with Crippen LogP contribution in [0.2, 0.25) is 0 Å². The monoisotopic (exact) mass is 399 g/mol. The van der Waals surface area contributed by atoms with Gasteiger partial charge in [-0.05, 0) is 48.9 Å². The van der Waals surface area contributed by atoms with E-state index in [1.165, 1.54) is 26.3 Å². The second-order valence-electron chi connectivity index (χ2n) is 7.15. The summed E-state index contributed by atoms with van der Waals surface area (Å²) in [5, 5.41) is 0. The lowest BCUT2D eigenvalue weighted by Gasteiger charge is -2.16. The number of nitrogens with one attached hydrogen (secondary N) is 2. The van der Waals surface area contributed by atoms with Gasteiger partial charge in [0.2, 0.25) is 5.91 Å². The van der Waals surface area contributed by atoms with Crippen LogP contribution in [0.15, 0.2) is 39.5 Å². The molecule has 0 saturated heterocycles. The molecule has 0 unspecified atom stereocenters. The van der Waals surface area contributed by atoms with Gasteiger partial charge in [0.1, 0.15) is 0 Å². The second kappa shape index (κ2) is 7.63. The highest BCUT2D eigenvalue weighted by atomic mass is 32.1. The Balaban J connectivity index is 1.33. The molecule has 146 valence electrons. The summed E-state index contributed by atoms with van der Waals surface area (Å²) in [6, 6.07) is 8.97. The number of hydrogen-bond acceptors (Lipinski definition) is 5. The Labute approximate surface area is 165 Å². The fourth-order valence-electron chi connectivity index (χ4n) is 3.51. The minimum absolute atomic E-state index is 0.0438. The highest BCUT2D eigenvalue weighted by Crippen LogP contribution is 2.32. The quantitative estimate of drug-likeness (QED) is 0.660. The Morgan fingerprint density at radius 3 is 2.96 bits per heavy atom. The summed E-state index contributed by atoms with van der Waals surface area (Å²) < 4.78 is 6.55. The zero-order valence-electron chi connectivity index (χ0n) is 15.5. The van der Waals surface area contributed by atoms with Gasteiger partial charge in [-0.2, -0.15) is 0 Å². The van der Waals surface area contributed by atoms with Gasteiger partial charge < -0.3 is 4.42 Å². The predicted molar refractivity (Wildman–Crippen MR) is 106 cm³/mol. The fourth-order valence-corrected chi connectivity index (χ4v) is 4.61. The van der Waals surface area contributed by atoms with Crippen molar-refractivity contribution in [3.63, 3.8) is 0 Å². The molecule has 2 heterocycles. The molecule has 0 aliphatic heterocycles. The van der Waals surface area contributed by atoms with Crippen molar-refractivity contribution in [1.29, 1.82) is 0 Å². The summed E-state index contributed by atoms with van der Waals surface area (Å²) in [5.41, 5.74) is 7.25. The molecule has 1 aromatic carbocycles. The minimum Gasteiger partial charge on any atom is -0.408 e. The first-order valence-electron chi connectivity index (χ1n) is 9.30. The van der Waals surface area contributed by atoms with Gasteiger partial charge in [0.15, 0.2) is 5.58 Å². The molecule has 0 saturated carbocycles. The van der Waals surface area contributed by atoms with E-state index in [9.17, 15) is 14.4 Å². The van der Waals surface area contributed by atoms with Crippen LogP contribution >= 0.6 is 11.3 Å². The standard InChI is InChI=1S/C20H21N3O4S/c1-12-6-7-16-13(10-12)11-17(28-16)19(25)22-21-18(24)8-9-23-14-4-2-3-5-15(14)27-20(23)26/h2-5,11-12H,6-10H2,1H3,(H,21,24)(H,22,25)/t12-/m1/s1. The van der Waals surface area contributed by atoms with Crippen molar-refractivity contribution in [2.45, 2.75) is 39.2 Å². The van der Waals surface area contributed by atoms with Gasteiger partial charge in [0.25, 0.3) is 5.91 Å². The number of aryl methyl sites for hydroxylation is 2. The molecule has 1 aliphatic rings. The molecule has 2 amide bonds. The van der Waals surface area contributed by atoms with Crippen LogP contribution in [0.1, 0.15) is 39.9 Å². The number of carbonyl (C=O) groups excluding carboxylic acids is 2. The summed E-state index contributed by atoms with van der Waals surface area (Å²) in [7, 11) is 0. The zero-order valence-corrected chi connectivity index (χ0v) is 16.3. The number of hydrogen-bond donors (Lipinski definition) is 2. The predicted octanol–water partition coefficient (Wildman–Crippen LogP) is 2.63. The van der Waals surface area contributed by atoms with E-state index >= 15 is 0 Å². The molecule has 28 heavy (non-hydrogen) atoms. The molecule has 0 fully saturated rings. The van der Waals surface area contributed by atoms with E-state index in [1.807, 2.05) is 6.07 Å². The number of nitrogens with zero attached hydrogens (tertiary/aromatic N) is 1. The molecule has 3 aromatic rings. The number of carbonyl (C=O) groups is 2. The van der Waals surface area contributed by atoms with Gasteiger partial charge in [-0.15, -0.1) is 11.3 Å². The first-order chi connectivity index (χ1) is 13.5. The van der Waals surface area contributed by atoms with Crippen LogP contribution in [-0.4, -0.2) is 16.4 Å². The molecule has 1 atom stereocenters. The molecular formula is C20H21N3O4S. The average molecular weight is 399 g/mol. The maximum Gasteiger partial charge on any atom is 0.419 e. The average Bonchev–Trinajstić information content (AvgIpc) is 3.24. The summed E-state index contributed by atoms with van der Waals surface area (Å²) in [5.74, 6) is -0.552. The summed E-state index contributed by atoms with van der Waals surface area (Å²) in [4.78, 5) is 38.2. The van der Waals surface area contributed by atoms with Gasteiger partial charge in [0, 0.05) is 17.8 Å². The van der Waals surface area contributed by atoms with E-state index < -0.39 is 5.76 Å². The molecule has 2 aromatic heterocycles. The van der Waals surface area contributed by atoms with E-state index in [1.54, 1.807) is 24.3 Å². The third kappa shape index (κ3) is 3.73. The van der Waals surface area contributed by atoms with Gasteiger partial charge in [-0.25, -0.2) is 4.79 Å². The van der Waals surface area contributed by atoms with E-state index in [0.717, 1.165) is 19.3 Å². The Morgan fingerprint density at radius 2 is 2.11 bits per heavy atom.